The van der Waals surface area contributed by atoms with Crippen LogP contribution in [0.25, 0.3) is 76.5 Å². The van der Waals surface area contributed by atoms with Crippen molar-refractivity contribution in [2.75, 3.05) is 0 Å². The van der Waals surface area contributed by atoms with Crippen LogP contribution >= 0.6 is 0 Å². The Balaban J connectivity index is 1.52. The summed E-state index contributed by atoms with van der Waals surface area (Å²) in [5.41, 5.74) is 3.92. The number of fused-ring (bicyclic) bond motifs is 4. The predicted octanol–water partition coefficient (Wildman–Crippen LogP) is 11.3. The minimum Gasteiger partial charge on any atom is -0.0622 e. The smallest absolute Gasteiger partial charge is 0.0622 e. The molecule has 0 N–H and O–H groups in total. The van der Waals surface area contributed by atoms with Crippen LogP contribution in [0.4, 0.5) is 0 Å². The second-order valence-electron chi connectivity index (χ2n) is 9.95. The van der Waals surface area contributed by atoms with Gasteiger partial charge >= 0.3 is 0 Å². The summed E-state index contributed by atoms with van der Waals surface area (Å²) in [7, 11) is 0. The predicted molar refractivity (Wildman–Crippen MR) is 173 cm³/mol. The zero-order chi connectivity index (χ0) is 33.4. The van der Waals surface area contributed by atoms with E-state index in [0.29, 0.717) is 22.3 Å². The maximum absolute atomic E-state index is 9.16. The topological polar surface area (TPSA) is 0 Å². The Hall–Kier alpha value is -5.20. The summed E-state index contributed by atoms with van der Waals surface area (Å²) < 4.78 is 71.0. The van der Waals surface area contributed by atoms with Crippen LogP contribution < -0.4 is 0 Å². The van der Waals surface area contributed by atoms with Crippen molar-refractivity contribution in [3.05, 3.63) is 158 Å². The Morgan fingerprint density at radius 2 is 0.750 bits per heavy atom. The average Bonchev–Trinajstić information content (AvgIpc) is 3.13. The summed E-state index contributed by atoms with van der Waals surface area (Å²) >= 11 is 0. The molecule has 0 fully saturated rings. The zero-order valence-electron chi connectivity index (χ0n) is 29.4. The van der Waals surface area contributed by atoms with E-state index >= 15 is 0 Å². The Morgan fingerprint density at radius 1 is 0.325 bits per heavy atom. The SMILES string of the molecule is [2H]c1c([2H])c([2H])c2c(-c3ccc4ccc(-c5ccc6ccccc6c5)cc4c3)c3c([2H])c([2H])c([2H])c([2H])c3c(-c3ccccc3)c2c1[2H]. The first-order valence-corrected chi connectivity index (χ1v) is 13.2. The molecular weight excluding hydrogens is 480 g/mol. The standard InChI is InChI=1S/C40H26/c1-2-11-29(12-3-1)39-35-14-6-8-16-37(35)40(38-17-9-7-15-36(38)39)33-23-20-28-19-22-32(25-34(28)26-33)31-21-18-27-10-4-5-13-30(27)24-31/h1-26H/i6D,7D,8D,9D,14D,15D,16D,17D. The fourth-order valence-electron chi connectivity index (χ4n) is 5.76. The molecule has 0 aliphatic rings. The second-order valence-corrected chi connectivity index (χ2v) is 9.95. The van der Waals surface area contributed by atoms with Crippen molar-refractivity contribution >= 4 is 43.1 Å². The second kappa shape index (κ2) is 9.22. The van der Waals surface area contributed by atoms with Crippen LogP contribution in [0.5, 0.6) is 0 Å². The van der Waals surface area contributed by atoms with Crippen molar-refractivity contribution in [3.63, 3.8) is 0 Å². The van der Waals surface area contributed by atoms with Crippen LogP contribution in [0.3, 0.4) is 0 Å². The van der Waals surface area contributed by atoms with E-state index in [1.165, 1.54) is 0 Å². The molecule has 0 bridgehead atoms. The minimum atomic E-state index is -0.410. The Morgan fingerprint density at radius 3 is 1.35 bits per heavy atom. The van der Waals surface area contributed by atoms with E-state index in [1.54, 1.807) is 24.3 Å². The van der Waals surface area contributed by atoms with Crippen molar-refractivity contribution in [1.82, 2.24) is 0 Å². The molecule has 0 spiro atoms. The molecule has 8 aromatic rings. The van der Waals surface area contributed by atoms with Gasteiger partial charge in [-0.15, -0.1) is 0 Å². The summed E-state index contributed by atoms with van der Waals surface area (Å²) in [4.78, 5) is 0. The lowest BCUT2D eigenvalue weighted by Gasteiger charge is -2.18. The number of rotatable bonds is 3. The van der Waals surface area contributed by atoms with Crippen LogP contribution in [0.15, 0.2) is 158 Å². The molecular formula is C40H26. The van der Waals surface area contributed by atoms with E-state index in [9.17, 15) is 0 Å². The first-order chi connectivity index (χ1) is 23.2. The lowest BCUT2D eigenvalue weighted by molar-refractivity contribution is 1.65. The van der Waals surface area contributed by atoms with Gasteiger partial charge < -0.3 is 0 Å². The first kappa shape index (κ1) is 16.0. The van der Waals surface area contributed by atoms with Gasteiger partial charge in [-0.1, -0.05) is 139 Å². The molecule has 0 saturated heterocycles. The summed E-state index contributed by atoms with van der Waals surface area (Å²) in [6.45, 7) is 0. The summed E-state index contributed by atoms with van der Waals surface area (Å²) in [6, 6.07) is 32.8. The summed E-state index contributed by atoms with van der Waals surface area (Å²) in [6.07, 6.45) is 0. The van der Waals surface area contributed by atoms with E-state index in [4.69, 9.17) is 11.0 Å². The van der Waals surface area contributed by atoms with Gasteiger partial charge in [-0.05, 0) is 94.7 Å². The lowest BCUT2D eigenvalue weighted by atomic mass is 9.85. The van der Waals surface area contributed by atoms with E-state index in [-0.39, 0.29) is 45.7 Å². The van der Waals surface area contributed by atoms with E-state index in [1.807, 2.05) is 42.5 Å². The minimum absolute atomic E-state index is 0.211. The van der Waals surface area contributed by atoms with Gasteiger partial charge in [-0.3, -0.25) is 0 Å². The van der Waals surface area contributed by atoms with Gasteiger partial charge in [0.25, 0.3) is 0 Å². The third-order valence-corrected chi connectivity index (χ3v) is 7.65. The lowest BCUT2D eigenvalue weighted by Crippen LogP contribution is -1.90. The molecule has 8 aromatic carbocycles. The van der Waals surface area contributed by atoms with Crippen molar-refractivity contribution in [2.24, 2.45) is 0 Å². The monoisotopic (exact) mass is 514 g/mol. The first-order valence-electron chi connectivity index (χ1n) is 17.2. The molecule has 0 aromatic heterocycles. The molecule has 0 saturated carbocycles. The molecule has 0 radical (unpaired) electrons. The van der Waals surface area contributed by atoms with Gasteiger partial charge in [0.2, 0.25) is 0 Å². The van der Waals surface area contributed by atoms with Gasteiger partial charge in [0.05, 0.1) is 11.0 Å². The molecule has 0 aliphatic heterocycles. The molecule has 0 nitrogen and oxygen atoms in total. The van der Waals surface area contributed by atoms with Crippen LogP contribution in [0.1, 0.15) is 11.0 Å². The molecule has 186 valence electrons. The van der Waals surface area contributed by atoms with Crippen molar-refractivity contribution in [1.29, 1.82) is 0 Å². The molecule has 0 amide bonds. The van der Waals surface area contributed by atoms with Crippen LogP contribution in [0, 0.1) is 0 Å². The molecule has 0 unspecified atom stereocenters. The van der Waals surface area contributed by atoms with Crippen LogP contribution in [-0.2, 0) is 0 Å². The third kappa shape index (κ3) is 3.69. The molecule has 0 aliphatic carbocycles. The van der Waals surface area contributed by atoms with E-state index in [2.05, 4.69) is 42.5 Å². The van der Waals surface area contributed by atoms with Gasteiger partial charge in [0.15, 0.2) is 0 Å². The summed E-state index contributed by atoms with van der Waals surface area (Å²) in [5.74, 6) is 0. The number of benzene rings is 8. The average molecular weight is 515 g/mol. The molecule has 0 atom stereocenters. The fourth-order valence-corrected chi connectivity index (χ4v) is 5.76. The van der Waals surface area contributed by atoms with Crippen molar-refractivity contribution in [3.8, 4) is 33.4 Å². The Bertz CT molecular complexity index is 2560. The van der Waals surface area contributed by atoms with Gasteiger partial charge in [-0.2, -0.15) is 0 Å². The van der Waals surface area contributed by atoms with Gasteiger partial charge in [0, 0.05) is 0 Å². The van der Waals surface area contributed by atoms with E-state index in [0.717, 1.165) is 32.7 Å². The zero-order valence-corrected chi connectivity index (χ0v) is 21.4. The number of hydrogen-bond donors (Lipinski definition) is 0. The molecule has 0 heterocycles. The normalized spacial score (nSPS) is 14.3. The largest absolute Gasteiger partial charge is 0.0629 e. The quantitative estimate of drug-likeness (QED) is 0.206. The number of hydrogen-bond acceptors (Lipinski definition) is 0. The Labute approximate surface area is 245 Å². The van der Waals surface area contributed by atoms with Gasteiger partial charge in [-0.25, -0.2) is 0 Å². The third-order valence-electron chi connectivity index (χ3n) is 7.65. The molecule has 0 heteroatoms. The highest BCUT2D eigenvalue weighted by Crippen LogP contribution is 2.44. The molecule has 8 rings (SSSR count). The van der Waals surface area contributed by atoms with Gasteiger partial charge in [0.1, 0.15) is 0 Å². The highest BCUT2D eigenvalue weighted by Gasteiger charge is 2.16. The molecule has 40 heavy (non-hydrogen) atoms. The van der Waals surface area contributed by atoms with Crippen molar-refractivity contribution < 1.29 is 11.0 Å². The highest BCUT2D eigenvalue weighted by molar-refractivity contribution is 6.21. The maximum Gasteiger partial charge on any atom is 0.0629 e. The Kier molecular flexibility index (Phi) is 3.70. The van der Waals surface area contributed by atoms with Crippen LogP contribution in [-0.4, -0.2) is 0 Å². The highest BCUT2D eigenvalue weighted by atomic mass is 14.2. The fraction of sp³-hybridized carbons (Fsp3) is 0. The van der Waals surface area contributed by atoms with Crippen LogP contribution in [0.2, 0.25) is 0 Å². The van der Waals surface area contributed by atoms with E-state index < -0.39 is 24.2 Å². The van der Waals surface area contributed by atoms with Crippen molar-refractivity contribution in [2.45, 2.75) is 0 Å². The summed E-state index contributed by atoms with van der Waals surface area (Å²) in [5, 5.41) is 4.97. The maximum atomic E-state index is 9.16.